The van der Waals surface area contributed by atoms with Crippen LogP contribution in [-0.2, 0) is 0 Å². The Morgan fingerprint density at radius 1 is 1.21 bits per heavy atom. The van der Waals surface area contributed by atoms with Crippen molar-refractivity contribution in [1.82, 2.24) is 0 Å². The first-order chi connectivity index (χ1) is 11.5. The monoisotopic (exact) mass is 364 g/mol. The van der Waals surface area contributed by atoms with E-state index in [0.29, 0.717) is 12.4 Å². The van der Waals surface area contributed by atoms with Gasteiger partial charge in [-0.2, -0.15) is 0 Å². The molecule has 3 rings (SSSR count). The summed E-state index contributed by atoms with van der Waals surface area (Å²) in [4.78, 5) is 2.30. The summed E-state index contributed by atoms with van der Waals surface area (Å²) < 4.78 is 5.57. The van der Waals surface area contributed by atoms with E-state index in [2.05, 4.69) is 25.0 Å². The van der Waals surface area contributed by atoms with Crippen molar-refractivity contribution in [2.75, 3.05) is 19.5 Å². The fourth-order valence-corrected chi connectivity index (χ4v) is 3.13. The summed E-state index contributed by atoms with van der Waals surface area (Å²) in [5, 5.41) is 18.5. The largest absolute Gasteiger partial charge is 0.508 e. The third-order valence-corrected chi connectivity index (χ3v) is 5.30. The number of ether oxygens (including phenoxy) is 1. The SMILES string of the molecule is CSc1ccccc1S.Cc1cc(O)cc(OCC2(CO)CC2)c1. The van der Waals surface area contributed by atoms with Crippen molar-refractivity contribution < 1.29 is 14.9 Å². The summed E-state index contributed by atoms with van der Waals surface area (Å²) in [6.45, 7) is 2.63. The molecule has 1 aliphatic rings. The maximum atomic E-state index is 9.37. The maximum absolute atomic E-state index is 9.37. The van der Waals surface area contributed by atoms with E-state index in [1.54, 1.807) is 23.9 Å². The van der Waals surface area contributed by atoms with E-state index in [1.807, 2.05) is 31.2 Å². The summed E-state index contributed by atoms with van der Waals surface area (Å²) in [5.41, 5.74) is 0.957. The van der Waals surface area contributed by atoms with Crippen LogP contribution < -0.4 is 4.74 Å². The molecular formula is C19H24O3S2. The number of aromatic hydroxyl groups is 1. The van der Waals surface area contributed by atoms with Gasteiger partial charge >= 0.3 is 0 Å². The zero-order chi connectivity index (χ0) is 17.6. The molecule has 0 saturated heterocycles. The predicted octanol–water partition coefficient (Wildman–Crippen LogP) is 4.55. The number of thioether (sulfide) groups is 1. The second-order valence-electron chi connectivity index (χ2n) is 6.12. The van der Waals surface area contributed by atoms with Crippen molar-refractivity contribution in [2.24, 2.45) is 5.41 Å². The lowest BCUT2D eigenvalue weighted by Crippen LogP contribution is -2.17. The minimum absolute atomic E-state index is 0.0145. The van der Waals surface area contributed by atoms with E-state index in [9.17, 15) is 5.11 Å². The minimum atomic E-state index is -0.0145. The molecule has 0 aromatic heterocycles. The van der Waals surface area contributed by atoms with E-state index in [1.165, 1.54) is 4.90 Å². The van der Waals surface area contributed by atoms with Crippen LogP contribution in [0.25, 0.3) is 0 Å². The van der Waals surface area contributed by atoms with Crippen molar-refractivity contribution >= 4 is 24.4 Å². The van der Waals surface area contributed by atoms with Gasteiger partial charge in [0.2, 0.25) is 0 Å². The first-order valence-electron chi connectivity index (χ1n) is 7.84. The fraction of sp³-hybridized carbons (Fsp3) is 0.368. The van der Waals surface area contributed by atoms with Crippen molar-refractivity contribution in [1.29, 1.82) is 0 Å². The molecule has 1 saturated carbocycles. The standard InChI is InChI=1S/C12H16O3.C7H8S2/c1-9-4-10(14)6-11(5-9)15-8-12(7-13)2-3-12;1-9-7-5-3-2-4-6(7)8/h4-6,13-14H,2-3,7-8H2,1H3;2-5,8H,1H3. The first kappa shape index (κ1) is 19.0. The summed E-state index contributed by atoms with van der Waals surface area (Å²) in [5.74, 6) is 0.895. The predicted molar refractivity (Wildman–Crippen MR) is 103 cm³/mol. The fourth-order valence-electron chi connectivity index (χ4n) is 2.20. The van der Waals surface area contributed by atoms with Gasteiger partial charge in [0, 0.05) is 21.3 Å². The van der Waals surface area contributed by atoms with Crippen molar-refractivity contribution in [2.45, 2.75) is 29.6 Å². The van der Waals surface area contributed by atoms with Gasteiger partial charge < -0.3 is 14.9 Å². The van der Waals surface area contributed by atoms with Gasteiger partial charge in [-0.05, 0) is 55.9 Å². The third kappa shape index (κ3) is 5.65. The maximum Gasteiger partial charge on any atom is 0.123 e. The first-order valence-corrected chi connectivity index (χ1v) is 9.51. The third-order valence-electron chi connectivity index (χ3n) is 3.96. The molecule has 130 valence electrons. The number of aryl methyl sites for hydroxylation is 1. The highest BCUT2D eigenvalue weighted by molar-refractivity contribution is 7.99. The van der Waals surface area contributed by atoms with Crippen LogP contribution >= 0.6 is 24.4 Å². The molecule has 0 unspecified atom stereocenters. The number of phenolic OH excluding ortho intramolecular Hbond substituents is 1. The minimum Gasteiger partial charge on any atom is -0.508 e. The highest BCUT2D eigenvalue weighted by Gasteiger charge is 2.42. The molecule has 0 heterocycles. The van der Waals surface area contributed by atoms with E-state index in [0.717, 1.165) is 23.3 Å². The summed E-state index contributed by atoms with van der Waals surface area (Å²) in [6.07, 6.45) is 4.11. The Kier molecular flexibility index (Phi) is 6.90. The smallest absolute Gasteiger partial charge is 0.123 e. The lowest BCUT2D eigenvalue weighted by Gasteiger charge is -2.13. The molecule has 0 amide bonds. The Morgan fingerprint density at radius 2 is 1.92 bits per heavy atom. The number of thiol groups is 1. The van der Waals surface area contributed by atoms with Gasteiger partial charge in [0.1, 0.15) is 11.5 Å². The Labute approximate surface area is 153 Å². The average molecular weight is 365 g/mol. The molecule has 1 fully saturated rings. The quantitative estimate of drug-likeness (QED) is 0.538. The van der Waals surface area contributed by atoms with Crippen molar-refractivity contribution in [3.8, 4) is 11.5 Å². The van der Waals surface area contributed by atoms with Crippen LogP contribution in [0.4, 0.5) is 0 Å². The molecule has 5 heteroatoms. The molecule has 0 radical (unpaired) electrons. The number of hydrogen-bond acceptors (Lipinski definition) is 5. The van der Waals surface area contributed by atoms with Crippen LogP contribution in [0.1, 0.15) is 18.4 Å². The second kappa shape index (κ2) is 8.70. The van der Waals surface area contributed by atoms with Gasteiger partial charge in [0.05, 0.1) is 13.2 Å². The molecule has 0 atom stereocenters. The zero-order valence-corrected chi connectivity index (χ0v) is 15.7. The molecule has 24 heavy (non-hydrogen) atoms. The number of hydrogen-bond donors (Lipinski definition) is 3. The van der Waals surface area contributed by atoms with Gasteiger partial charge in [-0.3, -0.25) is 0 Å². The molecule has 0 bridgehead atoms. The molecular weight excluding hydrogens is 340 g/mol. The molecule has 2 aromatic rings. The summed E-state index contributed by atoms with van der Waals surface area (Å²) in [6, 6.07) is 13.2. The normalized spacial score (nSPS) is 14.5. The van der Waals surface area contributed by atoms with Crippen LogP contribution in [0, 0.1) is 12.3 Å². The van der Waals surface area contributed by atoms with Gasteiger partial charge in [-0.25, -0.2) is 0 Å². The molecule has 2 aromatic carbocycles. The lowest BCUT2D eigenvalue weighted by molar-refractivity contribution is 0.146. The molecule has 0 aliphatic heterocycles. The van der Waals surface area contributed by atoms with Gasteiger partial charge in [-0.1, -0.05) is 12.1 Å². The number of phenols is 1. The number of benzene rings is 2. The van der Waals surface area contributed by atoms with Crippen LogP contribution in [0.15, 0.2) is 52.3 Å². The Bertz CT molecular complexity index is 649. The lowest BCUT2D eigenvalue weighted by atomic mass is 10.1. The Morgan fingerprint density at radius 3 is 2.42 bits per heavy atom. The second-order valence-corrected chi connectivity index (χ2v) is 7.45. The summed E-state index contributed by atoms with van der Waals surface area (Å²) in [7, 11) is 0. The molecule has 1 aliphatic carbocycles. The zero-order valence-electron chi connectivity index (χ0n) is 14.0. The van der Waals surface area contributed by atoms with Crippen molar-refractivity contribution in [3.63, 3.8) is 0 Å². The van der Waals surface area contributed by atoms with E-state index >= 15 is 0 Å². The highest BCUT2D eigenvalue weighted by Crippen LogP contribution is 2.45. The topological polar surface area (TPSA) is 49.7 Å². The van der Waals surface area contributed by atoms with Crippen LogP contribution in [0.2, 0.25) is 0 Å². The Hall–Kier alpha value is -1.30. The van der Waals surface area contributed by atoms with Gasteiger partial charge in [-0.15, -0.1) is 24.4 Å². The Balaban J connectivity index is 0.000000198. The summed E-state index contributed by atoms with van der Waals surface area (Å²) >= 11 is 5.98. The van der Waals surface area contributed by atoms with E-state index < -0.39 is 0 Å². The van der Waals surface area contributed by atoms with Gasteiger partial charge in [0.25, 0.3) is 0 Å². The highest BCUT2D eigenvalue weighted by atomic mass is 32.2. The van der Waals surface area contributed by atoms with Crippen LogP contribution in [-0.4, -0.2) is 29.7 Å². The van der Waals surface area contributed by atoms with E-state index in [4.69, 9.17) is 9.84 Å². The average Bonchev–Trinajstić information content (AvgIpc) is 3.34. The molecule has 3 nitrogen and oxygen atoms in total. The van der Waals surface area contributed by atoms with Gasteiger partial charge in [0.15, 0.2) is 0 Å². The number of aliphatic hydroxyl groups is 1. The molecule has 0 spiro atoms. The molecule has 2 N–H and O–H groups in total. The van der Waals surface area contributed by atoms with E-state index in [-0.39, 0.29) is 17.8 Å². The number of aliphatic hydroxyl groups excluding tert-OH is 1. The van der Waals surface area contributed by atoms with Crippen LogP contribution in [0.3, 0.4) is 0 Å². The van der Waals surface area contributed by atoms with Crippen LogP contribution in [0.5, 0.6) is 11.5 Å². The van der Waals surface area contributed by atoms with Crippen molar-refractivity contribution in [3.05, 3.63) is 48.0 Å². The number of rotatable bonds is 5.